The van der Waals surface area contributed by atoms with Crippen molar-refractivity contribution < 1.29 is 9.53 Å². The van der Waals surface area contributed by atoms with Gasteiger partial charge in [-0.05, 0) is 41.7 Å². The van der Waals surface area contributed by atoms with Crippen molar-refractivity contribution in [2.24, 2.45) is 0 Å². The van der Waals surface area contributed by atoms with Crippen molar-refractivity contribution in [1.29, 1.82) is 0 Å². The molecule has 4 aromatic rings. The first-order valence-corrected chi connectivity index (χ1v) is 12.4. The summed E-state index contributed by atoms with van der Waals surface area (Å²) in [5.74, 6) is 1.05. The maximum atomic E-state index is 13.6. The number of hydrogen-bond donors (Lipinski definition) is 2. The molecule has 7 heteroatoms. The SMILES string of the molecule is CC1=C(C(=O)Nc2ccccc2)C(c2ccccc2OCc2ccc(C(C)(C)C)cc2)n2ncnc2N1. The number of carbonyl (C=O) groups is 1. The Labute approximate surface area is 217 Å². The number of para-hydroxylation sites is 2. The topological polar surface area (TPSA) is 81.1 Å². The van der Waals surface area contributed by atoms with Gasteiger partial charge in [0.1, 0.15) is 24.7 Å². The minimum Gasteiger partial charge on any atom is -0.489 e. The van der Waals surface area contributed by atoms with Crippen LogP contribution in [0.1, 0.15) is 50.4 Å². The third kappa shape index (κ3) is 5.11. The highest BCUT2D eigenvalue weighted by Gasteiger charge is 2.35. The van der Waals surface area contributed by atoms with Crippen LogP contribution in [0.2, 0.25) is 0 Å². The molecule has 0 fully saturated rings. The molecule has 188 valence electrons. The summed E-state index contributed by atoms with van der Waals surface area (Å²) in [6.45, 7) is 8.89. The Morgan fingerprint density at radius 3 is 2.43 bits per heavy atom. The van der Waals surface area contributed by atoms with E-state index in [0.29, 0.717) is 29.6 Å². The lowest BCUT2D eigenvalue weighted by molar-refractivity contribution is -0.113. The van der Waals surface area contributed by atoms with Crippen molar-refractivity contribution in [3.8, 4) is 5.75 Å². The number of aromatic nitrogens is 3. The van der Waals surface area contributed by atoms with Gasteiger partial charge < -0.3 is 15.4 Å². The number of fused-ring (bicyclic) bond motifs is 1. The monoisotopic (exact) mass is 493 g/mol. The molecule has 0 saturated carbocycles. The molecule has 5 rings (SSSR count). The average Bonchev–Trinajstić information content (AvgIpc) is 3.35. The first kappa shape index (κ1) is 24.3. The van der Waals surface area contributed by atoms with Gasteiger partial charge in [-0.1, -0.05) is 81.4 Å². The van der Waals surface area contributed by atoms with E-state index in [1.54, 1.807) is 4.68 Å². The van der Waals surface area contributed by atoms with Crippen LogP contribution in [-0.2, 0) is 16.8 Å². The van der Waals surface area contributed by atoms with Crippen LogP contribution in [0, 0.1) is 0 Å². The fraction of sp³-hybridized carbons (Fsp3) is 0.233. The van der Waals surface area contributed by atoms with Gasteiger partial charge in [-0.3, -0.25) is 4.79 Å². The summed E-state index contributed by atoms with van der Waals surface area (Å²) in [6.07, 6.45) is 1.49. The number of carbonyl (C=O) groups excluding carboxylic acids is 1. The zero-order valence-electron chi connectivity index (χ0n) is 21.5. The molecular weight excluding hydrogens is 462 g/mol. The van der Waals surface area contributed by atoms with Crippen LogP contribution >= 0.6 is 0 Å². The van der Waals surface area contributed by atoms with Crippen molar-refractivity contribution in [1.82, 2.24) is 14.8 Å². The molecule has 1 aromatic heterocycles. The van der Waals surface area contributed by atoms with Gasteiger partial charge in [-0.25, -0.2) is 4.68 Å². The van der Waals surface area contributed by atoms with Gasteiger partial charge in [0.25, 0.3) is 5.91 Å². The Morgan fingerprint density at radius 2 is 1.70 bits per heavy atom. The fourth-order valence-electron chi connectivity index (χ4n) is 4.49. The molecule has 0 saturated heterocycles. The number of anilines is 2. The maximum absolute atomic E-state index is 13.6. The molecule has 1 amide bonds. The molecule has 1 aliphatic rings. The van der Waals surface area contributed by atoms with E-state index in [-0.39, 0.29) is 11.3 Å². The van der Waals surface area contributed by atoms with Gasteiger partial charge in [-0.15, -0.1) is 0 Å². The van der Waals surface area contributed by atoms with Crippen LogP contribution in [0.3, 0.4) is 0 Å². The lowest BCUT2D eigenvalue weighted by Crippen LogP contribution is -2.31. The van der Waals surface area contributed by atoms with Gasteiger partial charge in [-0.2, -0.15) is 10.1 Å². The Bertz CT molecular complexity index is 1430. The molecule has 0 radical (unpaired) electrons. The Kier molecular flexibility index (Phi) is 6.53. The standard InChI is InChI=1S/C30H31N5O2/c1-20-26(28(36)34-23-10-6-5-7-11-23)27(35-29(33-20)31-19-32-35)24-12-8-9-13-25(24)37-18-21-14-16-22(17-15-21)30(2,3)4/h5-17,19,27H,18H2,1-4H3,(H,34,36)(H,31,32,33). The van der Waals surface area contributed by atoms with Crippen molar-refractivity contribution in [2.75, 3.05) is 10.6 Å². The van der Waals surface area contributed by atoms with Crippen LogP contribution in [0.4, 0.5) is 11.6 Å². The quantitative estimate of drug-likeness (QED) is 0.340. The number of benzene rings is 3. The molecule has 0 spiro atoms. The van der Waals surface area contributed by atoms with Gasteiger partial charge >= 0.3 is 0 Å². The number of amides is 1. The smallest absolute Gasteiger partial charge is 0.255 e. The van der Waals surface area contributed by atoms with Gasteiger partial charge in [0.2, 0.25) is 5.95 Å². The zero-order chi connectivity index (χ0) is 26.0. The summed E-state index contributed by atoms with van der Waals surface area (Å²) >= 11 is 0. The highest BCUT2D eigenvalue weighted by molar-refractivity contribution is 6.06. The molecule has 0 bridgehead atoms. The molecule has 2 N–H and O–H groups in total. The number of rotatable bonds is 6. The Hall–Kier alpha value is -4.39. The molecule has 1 atom stereocenters. The third-order valence-corrected chi connectivity index (χ3v) is 6.50. The van der Waals surface area contributed by atoms with Crippen LogP contribution in [0.15, 0.2) is 96.5 Å². The van der Waals surface area contributed by atoms with E-state index in [1.807, 2.05) is 61.5 Å². The summed E-state index contributed by atoms with van der Waals surface area (Å²) in [5, 5.41) is 10.7. The molecule has 2 heterocycles. The summed E-state index contributed by atoms with van der Waals surface area (Å²) in [7, 11) is 0. The van der Waals surface area contributed by atoms with E-state index in [0.717, 1.165) is 16.8 Å². The van der Waals surface area contributed by atoms with E-state index in [9.17, 15) is 4.79 Å². The van der Waals surface area contributed by atoms with Crippen LogP contribution in [0.25, 0.3) is 0 Å². The lowest BCUT2D eigenvalue weighted by Gasteiger charge is -2.29. The number of hydrogen-bond acceptors (Lipinski definition) is 5. The van der Waals surface area contributed by atoms with E-state index in [2.05, 4.69) is 65.8 Å². The molecule has 37 heavy (non-hydrogen) atoms. The van der Waals surface area contributed by atoms with Crippen molar-refractivity contribution in [3.63, 3.8) is 0 Å². The summed E-state index contributed by atoms with van der Waals surface area (Å²) in [5.41, 5.74) is 5.26. The second-order valence-corrected chi connectivity index (χ2v) is 10.2. The normalized spacial score (nSPS) is 15.1. The highest BCUT2D eigenvalue weighted by Crippen LogP contribution is 2.39. The van der Waals surface area contributed by atoms with E-state index in [4.69, 9.17) is 4.74 Å². The fourth-order valence-corrected chi connectivity index (χ4v) is 4.49. The zero-order valence-corrected chi connectivity index (χ0v) is 21.5. The van der Waals surface area contributed by atoms with Crippen molar-refractivity contribution in [3.05, 3.63) is 113 Å². The lowest BCUT2D eigenvalue weighted by atomic mass is 9.87. The molecule has 3 aromatic carbocycles. The van der Waals surface area contributed by atoms with Crippen LogP contribution < -0.4 is 15.4 Å². The predicted octanol–water partition coefficient (Wildman–Crippen LogP) is 6.08. The molecular formula is C30H31N5O2. The number of nitrogens with zero attached hydrogens (tertiary/aromatic N) is 3. The van der Waals surface area contributed by atoms with Crippen molar-refractivity contribution in [2.45, 2.75) is 45.8 Å². The minimum absolute atomic E-state index is 0.0947. The summed E-state index contributed by atoms with van der Waals surface area (Å²) in [4.78, 5) is 17.9. The second-order valence-electron chi connectivity index (χ2n) is 10.2. The van der Waals surface area contributed by atoms with E-state index < -0.39 is 6.04 Å². The van der Waals surface area contributed by atoms with Gasteiger partial charge in [0.15, 0.2) is 0 Å². The van der Waals surface area contributed by atoms with Gasteiger partial charge in [0.05, 0.1) is 5.57 Å². The first-order chi connectivity index (χ1) is 17.8. The highest BCUT2D eigenvalue weighted by atomic mass is 16.5. The number of ether oxygens (including phenoxy) is 1. The number of nitrogens with one attached hydrogen (secondary N) is 2. The molecule has 0 aliphatic carbocycles. The second kappa shape index (κ2) is 9.93. The Balaban J connectivity index is 1.47. The number of allylic oxidation sites excluding steroid dienone is 1. The van der Waals surface area contributed by atoms with Crippen molar-refractivity contribution >= 4 is 17.5 Å². The van der Waals surface area contributed by atoms with Crippen LogP contribution in [-0.4, -0.2) is 20.7 Å². The minimum atomic E-state index is -0.512. The van der Waals surface area contributed by atoms with E-state index >= 15 is 0 Å². The third-order valence-electron chi connectivity index (χ3n) is 6.50. The Morgan fingerprint density at radius 1 is 1.00 bits per heavy atom. The molecule has 1 aliphatic heterocycles. The molecule has 1 unspecified atom stereocenters. The average molecular weight is 494 g/mol. The summed E-state index contributed by atoms with van der Waals surface area (Å²) < 4.78 is 8.07. The molecule has 7 nitrogen and oxygen atoms in total. The maximum Gasteiger partial charge on any atom is 0.255 e. The van der Waals surface area contributed by atoms with E-state index in [1.165, 1.54) is 11.9 Å². The largest absolute Gasteiger partial charge is 0.489 e. The van der Waals surface area contributed by atoms with Crippen LogP contribution in [0.5, 0.6) is 5.75 Å². The summed E-state index contributed by atoms with van der Waals surface area (Å²) in [6, 6.07) is 25.2. The predicted molar refractivity (Wildman–Crippen MR) is 145 cm³/mol. The van der Waals surface area contributed by atoms with Gasteiger partial charge in [0, 0.05) is 16.9 Å². The first-order valence-electron chi connectivity index (χ1n) is 12.4.